The van der Waals surface area contributed by atoms with Gasteiger partial charge in [-0.2, -0.15) is 0 Å². The van der Waals surface area contributed by atoms with Crippen molar-refractivity contribution in [1.82, 2.24) is 14.3 Å². The van der Waals surface area contributed by atoms with E-state index >= 15 is 0 Å². The molecule has 2 aliphatic rings. The van der Waals surface area contributed by atoms with Crippen LogP contribution in [0.4, 0.5) is 0 Å². The highest BCUT2D eigenvalue weighted by atomic mass is 32.2. The van der Waals surface area contributed by atoms with Gasteiger partial charge in [0.15, 0.2) is 0 Å². The highest BCUT2D eigenvalue weighted by Gasteiger charge is 2.27. The zero-order valence-electron chi connectivity index (χ0n) is 14.8. The number of aromatic nitrogens is 2. The summed E-state index contributed by atoms with van der Waals surface area (Å²) in [5, 5.41) is -0.398. The molecule has 1 atom stereocenters. The Kier molecular flexibility index (Phi) is 4.20. The van der Waals surface area contributed by atoms with Crippen LogP contribution in [0.25, 0.3) is 11.3 Å². The van der Waals surface area contributed by atoms with E-state index in [9.17, 15) is 8.42 Å². The number of nitrogens with one attached hydrogen (secondary N) is 1. The summed E-state index contributed by atoms with van der Waals surface area (Å²) < 4.78 is 29.5. The monoisotopic (exact) mass is 359 g/mol. The molecule has 0 saturated carbocycles. The Labute approximate surface area is 149 Å². The van der Waals surface area contributed by atoms with Crippen LogP contribution < -0.4 is 4.72 Å². The Morgan fingerprint density at radius 3 is 2.80 bits per heavy atom. The summed E-state index contributed by atoms with van der Waals surface area (Å²) in [5.74, 6) is 1.18. The lowest BCUT2D eigenvalue weighted by Crippen LogP contribution is -2.39. The van der Waals surface area contributed by atoms with Gasteiger partial charge < -0.3 is 4.57 Å². The fourth-order valence-electron chi connectivity index (χ4n) is 3.88. The molecule has 0 unspecified atom stereocenters. The summed E-state index contributed by atoms with van der Waals surface area (Å²) in [4.78, 5) is 4.58. The minimum absolute atomic E-state index is 0.0306. The zero-order valence-corrected chi connectivity index (χ0v) is 15.6. The molecule has 0 saturated heterocycles. The smallest absolute Gasteiger partial charge is 0.214 e. The third kappa shape index (κ3) is 3.13. The summed E-state index contributed by atoms with van der Waals surface area (Å²) >= 11 is 0. The van der Waals surface area contributed by atoms with Crippen LogP contribution in [0.15, 0.2) is 24.4 Å². The Morgan fingerprint density at radius 2 is 2.00 bits per heavy atom. The van der Waals surface area contributed by atoms with E-state index in [4.69, 9.17) is 0 Å². The second-order valence-electron chi connectivity index (χ2n) is 7.47. The van der Waals surface area contributed by atoms with Crippen LogP contribution in [0.5, 0.6) is 0 Å². The van der Waals surface area contributed by atoms with Crippen LogP contribution in [-0.2, 0) is 35.8 Å². The van der Waals surface area contributed by atoms with Gasteiger partial charge in [0.2, 0.25) is 10.0 Å². The number of rotatable bonds is 4. The lowest BCUT2D eigenvalue weighted by molar-refractivity contribution is 0.526. The van der Waals surface area contributed by atoms with Crippen molar-refractivity contribution in [1.29, 1.82) is 0 Å². The quantitative estimate of drug-likeness (QED) is 0.913. The third-order valence-electron chi connectivity index (χ3n) is 5.36. The minimum atomic E-state index is -3.23. The number of hydrogen-bond donors (Lipinski definition) is 1. The average Bonchev–Trinajstić information content (AvgIpc) is 3.16. The number of hydrogen-bond acceptors (Lipinski definition) is 3. The molecule has 5 nitrogen and oxygen atoms in total. The fourth-order valence-corrected chi connectivity index (χ4v) is 4.78. The summed E-state index contributed by atoms with van der Waals surface area (Å²) in [7, 11) is -3.23. The topological polar surface area (TPSA) is 64.0 Å². The van der Waals surface area contributed by atoms with Crippen molar-refractivity contribution in [2.45, 2.75) is 63.8 Å². The molecular weight excluding hydrogens is 334 g/mol. The Hall–Kier alpha value is -1.66. The highest BCUT2D eigenvalue weighted by Crippen LogP contribution is 2.30. The Balaban J connectivity index is 1.58. The third-order valence-corrected chi connectivity index (χ3v) is 7.26. The van der Waals surface area contributed by atoms with Crippen molar-refractivity contribution in [3.8, 4) is 11.3 Å². The molecule has 1 aliphatic carbocycles. The molecule has 1 N–H and O–H groups in total. The van der Waals surface area contributed by atoms with Crippen LogP contribution >= 0.6 is 0 Å². The molecule has 25 heavy (non-hydrogen) atoms. The molecule has 0 amide bonds. The maximum Gasteiger partial charge on any atom is 0.214 e. The predicted molar refractivity (Wildman–Crippen MR) is 99.0 cm³/mol. The molecule has 1 aromatic heterocycles. The van der Waals surface area contributed by atoms with Gasteiger partial charge in [-0.25, -0.2) is 18.1 Å². The van der Waals surface area contributed by atoms with Gasteiger partial charge in [-0.1, -0.05) is 12.1 Å². The number of aryl methyl sites for hydroxylation is 1. The summed E-state index contributed by atoms with van der Waals surface area (Å²) in [6.45, 7) is 4.47. The maximum absolute atomic E-state index is 12.1. The largest absolute Gasteiger partial charge is 0.328 e. The molecule has 0 bridgehead atoms. The molecule has 6 heteroatoms. The molecule has 2 heterocycles. The van der Waals surface area contributed by atoms with E-state index in [1.165, 1.54) is 41.1 Å². The maximum atomic E-state index is 12.1. The molecule has 0 radical (unpaired) electrons. The molecule has 2 aromatic rings. The standard InChI is InChI=1S/C19H25N3O2S/c1-13(2)25(23,24)21-17-10-14-6-7-15(9-16(14)11-17)18-12-20-19-5-3-4-8-22(18)19/h6-7,9,12-13,17,21H,3-5,8,10-11H2,1-2H3/t17-/m0/s1. The van der Waals surface area contributed by atoms with E-state index in [0.717, 1.165) is 25.8 Å². The van der Waals surface area contributed by atoms with Crippen LogP contribution in [0.2, 0.25) is 0 Å². The number of sulfonamides is 1. The van der Waals surface area contributed by atoms with Crippen LogP contribution in [0.1, 0.15) is 43.6 Å². The van der Waals surface area contributed by atoms with Crippen LogP contribution in [0, 0.1) is 0 Å². The number of benzene rings is 1. The molecule has 134 valence electrons. The highest BCUT2D eigenvalue weighted by molar-refractivity contribution is 7.90. The first kappa shape index (κ1) is 16.8. The Morgan fingerprint density at radius 1 is 1.20 bits per heavy atom. The SMILES string of the molecule is CC(C)S(=O)(=O)N[C@H]1Cc2ccc(-c3cnc4n3CCCC4)cc2C1. The number of nitrogens with zero attached hydrogens (tertiary/aromatic N) is 2. The van der Waals surface area contributed by atoms with Crippen molar-refractivity contribution in [2.75, 3.05) is 0 Å². The molecule has 1 aromatic carbocycles. The predicted octanol–water partition coefficient (Wildman–Crippen LogP) is 2.68. The van der Waals surface area contributed by atoms with E-state index in [-0.39, 0.29) is 6.04 Å². The zero-order chi connectivity index (χ0) is 17.6. The second kappa shape index (κ2) is 6.25. The molecule has 0 fully saturated rings. The lowest BCUT2D eigenvalue weighted by atomic mass is 10.0. The van der Waals surface area contributed by atoms with Gasteiger partial charge in [0.05, 0.1) is 17.1 Å². The van der Waals surface area contributed by atoms with Gasteiger partial charge in [-0.15, -0.1) is 0 Å². The van der Waals surface area contributed by atoms with Crippen LogP contribution in [0.3, 0.4) is 0 Å². The van der Waals surface area contributed by atoms with Gasteiger partial charge in [0, 0.05) is 24.6 Å². The number of fused-ring (bicyclic) bond motifs is 2. The molecule has 1 aliphatic heterocycles. The summed E-state index contributed by atoms with van der Waals surface area (Å²) in [5.41, 5.74) is 4.87. The van der Waals surface area contributed by atoms with Gasteiger partial charge in [0.1, 0.15) is 5.82 Å². The average molecular weight is 359 g/mol. The Bertz CT molecular complexity index is 899. The van der Waals surface area contributed by atoms with E-state index < -0.39 is 15.3 Å². The normalized spacial score (nSPS) is 19.9. The van der Waals surface area contributed by atoms with Crippen molar-refractivity contribution < 1.29 is 8.42 Å². The summed E-state index contributed by atoms with van der Waals surface area (Å²) in [6.07, 6.45) is 7.00. The molecule has 4 rings (SSSR count). The van der Waals surface area contributed by atoms with Gasteiger partial charge in [-0.05, 0) is 56.7 Å². The first-order chi connectivity index (χ1) is 11.9. The van der Waals surface area contributed by atoms with E-state index in [1.54, 1.807) is 13.8 Å². The van der Waals surface area contributed by atoms with Crippen molar-refractivity contribution >= 4 is 10.0 Å². The van der Waals surface area contributed by atoms with E-state index in [0.29, 0.717) is 0 Å². The number of imidazole rings is 1. The van der Waals surface area contributed by atoms with Gasteiger partial charge in [0.25, 0.3) is 0 Å². The van der Waals surface area contributed by atoms with Gasteiger partial charge in [-0.3, -0.25) is 0 Å². The van der Waals surface area contributed by atoms with E-state index in [1.807, 2.05) is 6.20 Å². The first-order valence-electron chi connectivity index (χ1n) is 9.12. The van der Waals surface area contributed by atoms with Crippen molar-refractivity contribution in [2.24, 2.45) is 0 Å². The fraction of sp³-hybridized carbons (Fsp3) is 0.526. The first-order valence-corrected chi connectivity index (χ1v) is 10.7. The summed E-state index contributed by atoms with van der Waals surface area (Å²) in [6, 6.07) is 6.49. The minimum Gasteiger partial charge on any atom is -0.328 e. The van der Waals surface area contributed by atoms with Gasteiger partial charge >= 0.3 is 0 Å². The van der Waals surface area contributed by atoms with E-state index in [2.05, 4.69) is 32.5 Å². The second-order valence-corrected chi connectivity index (χ2v) is 9.74. The molecule has 0 spiro atoms. The van der Waals surface area contributed by atoms with Crippen LogP contribution in [-0.4, -0.2) is 29.3 Å². The molecular formula is C19H25N3O2S. The lowest BCUT2D eigenvalue weighted by Gasteiger charge is -2.16. The van der Waals surface area contributed by atoms with Crippen molar-refractivity contribution in [3.63, 3.8) is 0 Å². The van der Waals surface area contributed by atoms with Crippen molar-refractivity contribution in [3.05, 3.63) is 41.3 Å².